The molecule has 1 saturated heterocycles. The highest BCUT2D eigenvalue weighted by molar-refractivity contribution is 7.89. The quantitative estimate of drug-likeness (QED) is 0.718. The van der Waals surface area contributed by atoms with E-state index in [0.29, 0.717) is 18.0 Å². The molecule has 1 fully saturated rings. The second-order valence-electron chi connectivity index (χ2n) is 5.95. The maximum atomic E-state index is 12.5. The average Bonchev–Trinajstić information content (AvgIpc) is 2.57. The van der Waals surface area contributed by atoms with Gasteiger partial charge in [-0.25, -0.2) is 13.1 Å². The molecule has 0 aromatic heterocycles. The number of benzene rings is 1. The predicted molar refractivity (Wildman–Crippen MR) is 94.1 cm³/mol. The fourth-order valence-corrected chi connectivity index (χ4v) is 4.16. The van der Waals surface area contributed by atoms with Crippen molar-refractivity contribution < 1.29 is 17.9 Å². The molecule has 7 heteroatoms. The molecule has 1 aliphatic rings. The molecule has 136 valence electrons. The number of morpholine rings is 1. The summed E-state index contributed by atoms with van der Waals surface area (Å²) < 4.78 is 38.6. The summed E-state index contributed by atoms with van der Waals surface area (Å²) in [5.74, 6) is 0.737. The molecule has 1 heterocycles. The summed E-state index contributed by atoms with van der Waals surface area (Å²) in [4.78, 5) is 2.62. The van der Waals surface area contributed by atoms with Crippen LogP contribution in [-0.2, 0) is 14.8 Å². The summed E-state index contributed by atoms with van der Waals surface area (Å²) in [6, 6.07) is 3.35. The van der Waals surface area contributed by atoms with E-state index in [2.05, 4.69) is 9.62 Å². The van der Waals surface area contributed by atoms with Gasteiger partial charge in [-0.1, -0.05) is 0 Å². The van der Waals surface area contributed by atoms with Gasteiger partial charge in [0.05, 0.1) is 24.7 Å². The van der Waals surface area contributed by atoms with Gasteiger partial charge < -0.3 is 9.47 Å². The number of ether oxygens (including phenoxy) is 2. The molecule has 6 nitrogen and oxygen atoms in total. The second kappa shape index (κ2) is 8.80. The van der Waals surface area contributed by atoms with Gasteiger partial charge in [0.2, 0.25) is 10.0 Å². The van der Waals surface area contributed by atoms with Crippen LogP contribution in [0.25, 0.3) is 0 Å². The highest BCUT2D eigenvalue weighted by Gasteiger charge is 2.19. The SMILES string of the molecule is CCOc1ccc(S(=O)(=O)NCCCN2CCOCC2)c(C)c1C. The summed E-state index contributed by atoms with van der Waals surface area (Å²) in [5.41, 5.74) is 1.61. The zero-order valence-electron chi connectivity index (χ0n) is 14.8. The Balaban J connectivity index is 1.93. The van der Waals surface area contributed by atoms with Gasteiger partial charge in [-0.3, -0.25) is 4.90 Å². The Hall–Kier alpha value is -1.15. The van der Waals surface area contributed by atoms with Gasteiger partial charge in [-0.05, 0) is 57.0 Å². The monoisotopic (exact) mass is 356 g/mol. The fraction of sp³-hybridized carbons (Fsp3) is 0.647. The first kappa shape index (κ1) is 19.2. The maximum Gasteiger partial charge on any atom is 0.240 e. The van der Waals surface area contributed by atoms with Crippen LogP contribution in [0.3, 0.4) is 0 Å². The van der Waals surface area contributed by atoms with E-state index in [-0.39, 0.29) is 0 Å². The van der Waals surface area contributed by atoms with E-state index in [1.807, 2.05) is 20.8 Å². The summed E-state index contributed by atoms with van der Waals surface area (Å²) in [6.07, 6.45) is 0.786. The Morgan fingerprint density at radius 1 is 1.21 bits per heavy atom. The first-order valence-electron chi connectivity index (χ1n) is 8.48. The van der Waals surface area contributed by atoms with Crippen molar-refractivity contribution in [2.75, 3.05) is 46.0 Å². The molecule has 0 atom stereocenters. The van der Waals surface area contributed by atoms with Gasteiger partial charge in [0.25, 0.3) is 0 Å². The van der Waals surface area contributed by atoms with Crippen molar-refractivity contribution >= 4 is 10.0 Å². The second-order valence-corrected chi connectivity index (χ2v) is 7.69. The Bertz CT molecular complexity index is 640. The molecule has 24 heavy (non-hydrogen) atoms. The Labute approximate surface area is 145 Å². The van der Waals surface area contributed by atoms with Crippen LogP contribution in [0.4, 0.5) is 0 Å². The molecule has 1 N–H and O–H groups in total. The van der Waals surface area contributed by atoms with Crippen LogP contribution in [-0.4, -0.2) is 59.3 Å². The summed E-state index contributed by atoms with van der Waals surface area (Å²) in [7, 11) is -3.50. The van der Waals surface area contributed by atoms with Gasteiger partial charge in [0.15, 0.2) is 0 Å². The van der Waals surface area contributed by atoms with Crippen LogP contribution >= 0.6 is 0 Å². The van der Waals surface area contributed by atoms with Crippen molar-refractivity contribution in [3.8, 4) is 5.75 Å². The smallest absolute Gasteiger partial charge is 0.240 e. The largest absolute Gasteiger partial charge is 0.494 e. The van der Waals surface area contributed by atoms with E-state index < -0.39 is 10.0 Å². The van der Waals surface area contributed by atoms with Gasteiger partial charge in [-0.15, -0.1) is 0 Å². The van der Waals surface area contributed by atoms with Crippen LogP contribution in [0.15, 0.2) is 17.0 Å². The number of nitrogens with one attached hydrogen (secondary N) is 1. The highest BCUT2D eigenvalue weighted by Crippen LogP contribution is 2.27. The minimum Gasteiger partial charge on any atom is -0.494 e. The van der Waals surface area contributed by atoms with Crippen molar-refractivity contribution in [2.24, 2.45) is 0 Å². The minimum absolute atomic E-state index is 0.329. The molecule has 1 aromatic carbocycles. The highest BCUT2D eigenvalue weighted by atomic mass is 32.2. The number of sulfonamides is 1. The molecular formula is C17H28N2O4S. The van der Waals surface area contributed by atoms with Gasteiger partial charge in [-0.2, -0.15) is 0 Å². The third-order valence-electron chi connectivity index (χ3n) is 4.32. The Morgan fingerprint density at radius 3 is 2.58 bits per heavy atom. The van der Waals surface area contributed by atoms with Crippen LogP contribution in [0.1, 0.15) is 24.5 Å². The van der Waals surface area contributed by atoms with E-state index in [1.54, 1.807) is 12.1 Å². The Morgan fingerprint density at radius 2 is 1.92 bits per heavy atom. The van der Waals surface area contributed by atoms with E-state index in [9.17, 15) is 8.42 Å². The van der Waals surface area contributed by atoms with E-state index in [4.69, 9.17) is 9.47 Å². The lowest BCUT2D eigenvalue weighted by molar-refractivity contribution is 0.0376. The van der Waals surface area contributed by atoms with Crippen molar-refractivity contribution in [3.05, 3.63) is 23.3 Å². The van der Waals surface area contributed by atoms with Crippen LogP contribution in [0.5, 0.6) is 5.75 Å². The number of hydrogen-bond acceptors (Lipinski definition) is 5. The molecule has 0 amide bonds. The molecule has 0 unspecified atom stereocenters. The van der Waals surface area contributed by atoms with Gasteiger partial charge in [0, 0.05) is 19.6 Å². The number of hydrogen-bond donors (Lipinski definition) is 1. The zero-order chi connectivity index (χ0) is 17.6. The molecule has 0 aliphatic carbocycles. The summed E-state index contributed by atoms with van der Waals surface area (Å²) in [5, 5.41) is 0. The number of rotatable bonds is 8. The lowest BCUT2D eigenvalue weighted by Gasteiger charge is -2.26. The lowest BCUT2D eigenvalue weighted by Crippen LogP contribution is -2.38. The molecule has 1 aromatic rings. The summed E-state index contributed by atoms with van der Waals surface area (Å²) >= 11 is 0. The first-order chi connectivity index (χ1) is 11.5. The third kappa shape index (κ3) is 4.92. The Kier molecular flexibility index (Phi) is 7.03. The number of nitrogens with zero attached hydrogens (tertiary/aromatic N) is 1. The van der Waals surface area contributed by atoms with Crippen LogP contribution in [0, 0.1) is 13.8 Å². The normalized spacial score (nSPS) is 16.3. The lowest BCUT2D eigenvalue weighted by atomic mass is 10.1. The van der Waals surface area contributed by atoms with Crippen LogP contribution < -0.4 is 9.46 Å². The standard InChI is InChI=1S/C17H28N2O4S/c1-4-23-16-6-7-17(15(3)14(16)2)24(20,21)18-8-5-9-19-10-12-22-13-11-19/h6-7,18H,4-5,8-13H2,1-3H3. The van der Waals surface area contributed by atoms with Crippen molar-refractivity contribution in [1.82, 2.24) is 9.62 Å². The minimum atomic E-state index is -3.50. The average molecular weight is 356 g/mol. The molecule has 0 spiro atoms. The topological polar surface area (TPSA) is 67.9 Å². The molecule has 0 bridgehead atoms. The molecular weight excluding hydrogens is 328 g/mol. The van der Waals surface area contributed by atoms with Gasteiger partial charge >= 0.3 is 0 Å². The molecule has 0 saturated carbocycles. The van der Waals surface area contributed by atoms with E-state index in [0.717, 1.165) is 56.1 Å². The van der Waals surface area contributed by atoms with Gasteiger partial charge in [0.1, 0.15) is 5.75 Å². The maximum absolute atomic E-state index is 12.5. The molecule has 0 radical (unpaired) electrons. The molecule has 1 aliphatic heterocycles. The van der Waals surface area contributed by atoms with Crippen molar-refractivity contribution in [3.63, 3.8) is 0 Å². The first-order valence-corrected chi connectivity index (χ1v) is 9.96. The van der Waals surface area contributed by atoms with Crippen LogP contribution in [0.2, 0.25) is 0 Å². The predicted octanol–water partition coefficient (Wildman–Crippen LogP) is 1.70. The third-order valence-corrected chi connectivity index (χ3v) is 5.93. The van der Waals surface area contributed by atoms with E-state index >= 15 is 0 Å². The zero-order valence-corrected chi connectivity index (χ0v) is 15.6. The van der Waals surface area contributed by atoms with E-state index in [1.165, 1.54) is 0 Å². The summed E-state index contributed by atoms with van der Waals surface area (Å²) in [6.45, 7) is 10.9. The fourth-order valence-electron chi connectivity index (χ4n) is 2.79. The molecule has 2 rings (SSSR count). The van der Waals surface area contributed by atoms with Crippen molar-refractivity contribution in [1.29, 1.82) is 0 Å². The van der Waals surface area contributed by atoms with Crippen molar-refractivity contribution in [2.45, 2.75) is 32.1 Å².